The van der Waals surface area contributed by atoms with Crippen molar-refractivity contribution in [3.8, 4) is 0 Å². The van der Waals surface area contributed by atoms with E-state index in [-0.39, 0.29) is 6.61 Å². The van der Waals surface area contributed by atoms with Crippen LogP contribution >= 0.6 is 0 Å². The van der Waals surface area contributed by atoms with Crippen LogP contribution in [0, 0.1) is 0 Å². The third kappa shape index (κ3) is 2.64. The number of carbonyl (C=O) groups is 1. The van der Waals surface area contributed by atoms with Crippen molar-refractivity contribution >= 4 is 11.9 Å². The predicted octanol–water partition coefficient (Wildman–Crippen LogP) is -0.525. The predicted molar refractivity (Wildman–Crippen MR) is 28.7 cm³/mol. The van der Waals surface area contributed by atoms with E-state index < -0.39 is 11.5 Å². The molecule has 0 aliphatic rings. The molecule has 0 unspecified atom stereocenters. The molecule has 50 valence electrons. The maximum atomic E-state index is 9.94. The van der Waals surface area contributed by atoms with E-state index in [0.717, 1.165) is 0 Å². The van der Waals surface area contributed by atoms with Gasteiger partial charge in [-0.25, -0.2) is 9.59 Å². The average molecular weight is 130 g/mol. The second-order valence-corrected chi connectivity index (χ2v) is 1.32. The molecular weight excluding hydrogens is 124 g/mol. The molecule has 0 spiro atoms. The van der Waals surface area contributed by atoms with Crippen LogP contribution in [0.15, 0.2) is 5.57 Å². The molecule has 0 radical (unpaired) electrons. The van der Waals surface area contributed by atoms with Gasteiger partial charge in [-0.05, 0) is 0 Å². The highest BCUT2D eigenvalue weighted by Gasteiger charge is 2.05. The van der Waals surface area contributed by atoms with Crippen LogP contribution < -0.4 is 0 Å². The van der Waals surface area contributed by atoms with Gasteiger partial charge in [0.2, 0.25) is 0 Å². The highest BCUT2D eigenvalue weighted by Crippen LogP contribution is 1.86. The summed E-state index contributed by atoms with van der Waals surface area (Å²) in [6.07, 6.45) is 0. The molecule has 0 saturated heterocycles. The van der Waals surface area contributed by atoms with Gasteiger partial charge in [0.05, 0.1) is 6.61 Å². The van der Waals surface area contributed by atoms with Gasteiger partial charge in [0, 0.05) is 7.11 Å². The lowest BCUT2D eigenvalue weighted by Crippen LogP contribution is -2.06. The van der Waals surface area contributed by atoms with E-state index in [1.165, 1.54) is 13.1 Å². The van der Waals surface area contributed by atoms with Gasteiger partial charge in [-0.2, -0.15) is 0 Å². The first-order valence-corrected chi connectivity index (χ1v) is 2.18. The summed E-state index contributed by atoms with van der Waals surface area (Å²) in [4.78, 5) is 19.7. The molecule has 0 saturated carbocycles. The minimum absolute atomic E-state index is 0.196. The lowest BCUT2D eigenvalue weighted by Gasteiger charge is -1.91. The number of hydrogen-bond acceptors (Lipinski definition) is 3. The van der Waals surface area contributed by atoms with Crippen LogP contribution in [0.5, 0.6) is 0 Å². The zero-order valence-electron chi connectivity index (χ0n) is 4.88. The van der Waals surface area contributed by atoms with Crippen LogP contribution in [0.1, 0.15) is 0 Å². The first-order chi connectivity index (χ1) is 4.22. The standard InChI is InChI=1S/C5H6O4/c1-9-3-4(2-6)5(7)8/h3H2,1H3,(H,7,8). The molecule has 0 bridgehead atoms. The number of hydrogen-bond donors (Lipinski definition) is 1. The van der Waals surface area contributed by atoms with E-state index in [2.05, 4.69) is 4.74 Å². The molecule has 0 fully saturated rings. The van der Waals surface area contributed by atoms with Gasteiger partial charge in [-0.3, -0.25) is 0 Å². The Morgan fingerprint density at radius 3 is 2.44 bits per heavy atom. The van der Waals surface area contributed by atoms with Gasteiger partial charge in [0.15, 0.2) is 0 Å². The number of carbonyl (C=O) groups excluding carboxylic acids is 1. The van der Waals surface area contributed by atoms with E-state index in [4.69, 9.17) is 5.11 Å². The van der Waals surface area contributed by atoms with Gasteiger partial charge in [-0.1, -0.05) is 0 Å². The summed E-state index contributed by atoms with van der Waals surface area (Å²) in [5.41, 5.74) is -0.391. The summed E-state index contributed by atoms with van der Waals surface area (Å²) in [6, 6.07) is 0. The van der Waals surface area contributed by atoms with Crippen LogP contribution in [0.2, 0.25) is 0 Å². The van der Waals surface area contributed by atoms with Gasteiger partial charge < -0.3 is 9.84 Å². The maximum Gasteiger partial charge on any atom is 0.345 e. The lowest BCUT2D eigenvalue weighted by molar-refractivity contribution is -0.133. The average Bonchev–Trinajstić information content (AvgIpc) is 1.82. The van der Waals surface area contributed by atoms with E-state index in [9.17, 15) is 9.59 Å². The van der Waals surface area contributed by atoms with E-state index in [1.54, 1.807) is 0 Å². The fourth-order valence-electron chi connectivity index (χ4n) is 0.279. The molecule has 4 heteroatoms. The Kier molecular flexibility index (Phi) is 3.35. The normalized spacial score (nSPS) is 8.11. The van der Waals surface area contributed by atoms with Crippen molar-refractivity contribution < 1.29 is 19.4 Å². The smallest absolute Gasteiger partial charge is 0.345 e. The Balaban J connectivity index is 4.02. The van der Waals surface area contributed by atoms with E-state index >= 15 is 0 Å². The Morgan fingerprint density at radius 1 is 1.78 bits per heavy atom. The van der Waals surface area contributed by atoms with Gasteiger partial charge >= 0.3 is 5.97 Å². The highest BCUT2D eigenvalue weighted by atomic mass is 16.5. The van der Waals surface area contributed by atoms with Gasteiger partial charge in [-0.15, -0.1) is 0 Å². The van der Waals surface area contributed by atoms with Crippen LogP contribution in [0.4, 0.5) is 0 Å². The SMILES string of the molecule is COCC(=C=O)C(=O)O. The lowest BCUT2D eigenvalue weighted by atomic mass is 10.3. The fraction of sp³-hybridized carbons (Fsp3) is 0.400. The monoisotopic (exact) mass is 130 g/mol. The zero-order valence-corrected chi connectivity index (χ0v) is 4.88. The van der Waals surface area contributed by atoms with Crippen molar-refractivity contribution in [2.45, 2.75) is 0 Å². The highest BCUT2D eigenvalue weighted by molar-refractivity contribution is 5.95. The Hall–Kier alpha value is -1.12. The van der Waals surface area contributed by atoms with Crippen molar-refractivity contribution in [3.05, 3.63) is 5.57 Å². The van der Waals surface area contributed by atoms with Crippen LogP contribution in [-0.4, -0.2) is 30.7 Å². The minimum atomic E-state index is -1.29. The van der Waals surface area contributed by atoms with Crippen LogP contribution in [0.25, 0.3) is 0 Å². The Morgan fingerprint density at radius 2 is 2.33 bits per heavy atom. The molecular formula is C5H6O4. The van der Waals surface area contributed by atoms with Crippen molar-refractivity contribution in [1.29, 1.82) is 0 Å². The zero-order chi connectivity index (χ0) is 7.28. The number of ether oxygens (including phenoxy) is 1. The van der Waals surface area contributed by atoms with E-state index in [1.807, 2.05) is 0 Å². The molecule has 0 aliphatic heterocycles. The first-order valence-electron chi connectivity index (χ1n) is 2.18. The summed E-state index contributed by atoms with van der Waals surface area (Å²) in [5.74, 6) is -0.0408. The molecule has 0 aliphatic carbocycles. The number of carboxylic acids is 1. The Bertz CT molecular complexity index is 154. The molecule has 0 heterocycles. The molecule has 4 nitrogen and oxygen atoms in total. The fourth-order valence-corrected chi connectivity index (χ4v) is 0.279. The number of carboxylic acid groups (broad SMARTS) is 1. The summed E-state index contributed by atoms with van der Waals surface area (Å²) in [6.45, 7) is -0.196. The van der Waals surface area contributed by atoms with Crippen molar-refractivity contribution in [1.82, 2.24) is 0 Å². The summed E-state index contributed by atoms with van der Waals surface area (Å²) in [5, 5.41) is 8.12. The third-order valence-electron chi connectivity index (χ3n) is 0.670. The maximum absolute atomic E-state index is 9.94. The second kappa shape index (κ2) is 3.83. The van der Waals surface area contributed by atoms with Crippen molar-refractivity contribution in [2.75, 3.05) is 13.7 Å². The second-order valence-electron chi connectivity index (χ2n) is 1.32. The number of rotatable bonds is 3. The Labute approximate surface area is 51.7 Å². The molecule has 0 atom stereocenters. The topological polar surface area (TPSA) is 63.6 Å². The molecule has 0 aromatic rings. The van der Waals surface area contributed by atoms with Crippen molar-refractivity contribution in [2.24, 2.45) is 0 Å². The molecule has 0 amide bonds. The number of methoxy groups -OCH3 is 1. The third-order valence-corrected chi connectivity index (χ3v) is 0.670. The first kappa shape index (κ1) is 7.88. The summed E-state index contributed by atoms with van der Waals surface area (Å²) in [7, 11) is 1.31. The largest absolute Gasteiger partial charge is 0.477 e. The summed E-state index contributed by atoms with van der Waals surface area (Å²) >= 11 is 0. The summed E-state index contributed by atoms with van der Waals surface area (Å²) < 4.78 is 4.38. The van der Waals surface area contributed by atoms with Crippen LogP contribution in [0.3, 0.4) is 0 Å². The number of aliphatic carboxylic acids is 1. The van der Waals surface area contributed by atoms with Gasteiger partial charge in [0.1, 0.15) is 11.5 Å². The molecule has 0 aromatic carbocycles. The van der Waals surface area contributed by atoms with Crippen molar-refractivity contribution in [3.63, 3.8) is 0 Å². The molecule has 0 aromatic heterocycles. The molecule has 0 rings (SSSR count). The van der Waals surface area contributed by atoms with Crippen LogP contribution in [-0.2, 0) is 14.3 Å². The quantitative estimate of drug-likeness (QED) is 0.412. The van der Waals surface area contributed by atoms with E-state index in [0.29, 0.717) is 0 Å². The minimum Gasteiger partial charge on any atom is -0.477 e. The molecule has 1 N–H and O–H groups in total. The molecule has 9 heavy (non-hydrogen) atoms. The van der Waals surface area contributed by atoms with Gasteiger partial charge in [0.25, 0.3) is 0 Å².